The molecule has 0 unspecified atom stereocenters. The van der Waals surface area contributed by atoms with Crippen LogP contribution >= 0.6 is 11.8 Å². The van der Waals surface area contributed by atoms with Crippen molar-refractivity contribution in [2.24, 2.45) is 12.8 Å². The van der Waals surface area contributed by atoms with Gasteiger partial charge in [0.25, 0.3) is 5.56 Å². The number of rotatable bonds is 4. The lowest BCUT2D eigenvalue weighted by Gasteiger charge is -2.09. The molecule has 1 aliphatic carbocycles. The normalized spacial score (nSPS) is 17.4. The van der Waals surface area contributed by atoms with Gasteiger partial charge < -0.3 is 5.73 Å². The van der Waals surface area contributed by atoms with Crippen molar-refractivity contribution >= 4 is 11.8 Å². The van der Waals surface area contributed by atoms with Gasteiger partial charge in [-0.15, -0.1) is 0 Å². The molecule has 1 saturated carbocycles. The van der Waals surface area contributed by atoms with Crippen LogP contribution in [0.5, 0.6) is 0 Å². The van der Waals surface area contributed by atoms with Gasteiger partial charge >= 0.3 is 0 Å². The second-order valence-electron chi connectivity index (χ2n) is 4.50. The van der Waals surface area contributed by atoms with Crippen LogP contribution in [0.25, 0.3) is 0 Å². The van der Waals surface area contributed by atoms with Gasteiger partial charge in [0.1, 0.15) is 0 Å². The lowest BCUT2D eigenvalue weighted by atomic mass is 10.1. The first kappa shape index (κ1) is 11.7. The zero-order chi connectivity index (χ0) is 11.8. The smallest absolute Gasteiger partial charge is 0.257 e. The maximum absolute atomic E-state index is 12.0. The fourth-order valence-corrected chi connectivity index (χ4v) is 2.25. The number of nitrogens with two attached hydrogens (primary N) is 1. The third-order valence-electron chi connectivity index (χ3n) is 3.16. The fourth-order valence-electron chi connectivity index (χ4n) is 1.73. The molecule has 5 heteroatoms. The van der Waals surface area contributed by atoms with E-state index in [1.54, 1.807) is 17.8 Å². The summed E-state index contributed by atoms with van der Waals surface area (Å²) in [5.41, 5.74) is 6.84. The maximum atomic E-state index is 12.0. The maximum Gasteiger partial charge on any atom is 0.257 e. The molecule has 88 valence electrons. The van der Waals surface area contributed by atoms with Gasteiger partial charge in [0, 0.05) is 24.3 Å². The van der Waals surface area contributed by atoms with Gasteiger partial charge in [-0.2, -0.15) is 0 Å². The van der Waals surface area contributed by atoms with E-state index in [9.17, 15) is 4.79 Å². The second-order valence-corrected chi connectivity index (χ2v) is 5.27. The Hall–Kier alpha value is -0.810. The largest absolute Gasteiger partial charge is 0.325 e. The topological polar surface area (TPSA) is 60.9 Å². The van der Waals surface area contributed by atoms with Crippen LogP contribution in [-0.2, 0) is 13.5 Å². The van der Waals surface area contributed by atoms with Gasteiger partial charge in [-0.3, -0.25) is 9.36 Å². The molecule has 4 nitrogen and oxygen atoms in total. The van der Waals surface area contributed by atoms with Crippen LogP contribution in [0, 0.1) is 0 Å². The Morgan fingerprint density at radius 2 is 2.31 bits per heavy atom. The van der Waals surface area contributed by atoms with Crippen LogP contribution in [0.2, 0.25) is 0 Å². The Bertz CT molecular complexity index is 451. The zero-order valence-corrected chi connectivity index (χ0v) is 10.5. The van der Waals surface area contributed by atoms with Crippen molar-refractivity contribution in [1.82, 2.24) is 9.55 Å². The van der Waals surface area contributed by atoms with Gasteiger partial charge in [0.15, 0.2) is 5.16 Å². The number of thioether (sulfide) groups is 1. The molecular formula is C11H17N3OS. The number of hydrogen-bond donors (Lipinski definition) is 1. The summed E-state index contributed by atoms with van der Waals surface area (Å²) in [6, 6.07) is 0. The first-order valence-electron chi connectivity index (χ1n) is 5.43. The summed E-state index contributed by atoms with van der Waals surface area (Å²) in [4.78, 5) is 16.2. The van der Waals surface area contributed by atoms with E-state index >= 15 is 0 Å². The quantitative estimate of drug-likeness (QED) is 0.627. The van der Waals surface area contributed by atoms with E-state index in [-0.39, 0.29) is 11.1 Å². The molecule has 0 saturated heterocycles. The fraction of sp³-hybridized carbons (Fsp3) is 0.636. The molecule has 0 atom stereocenters. The molecule has 1 aromatic heterocycles. The molecule has 0 radical (unpaired) electrons. The molecule has 0 amide bonds. The summed E-state index contributed by atoms with van der Waals surface area (Å²) < 4.78 is 1.61. The Balaban J connectivity index is 2.15. The lowest BCUT2D eigenvalue weighted by Crippen LogP contribution is -2.27. The highest BCUT2D eigenvalue weighted by Gasteiger charge is 2.37. The first-order valence-corrected chi connectivity index (χ1v) is 6.66. The summed E-state index contributed by atoms with van der Waals surface area (Å²) in [5, 5.41) is 0.752. The van der Waals surface area contributed by atoms with Crippen LogP contribution in [0.1, 0.15) is 24.8 Å². The van der Waals surface area contributed by atoms with Gasteiger partial charge in [-0.25, -0.2) is 4.98 Å². The van der Waals surface area contributed by atoms with E-state index in [1.165, 1.54) is 11.8 Å². The number of hydrogen-bond acceptors (Lipinski definition) is 4. The molecular weight excluding hydrogens is 222 g/mol. The lowest BCUT2D eigenvalue weighted by molar-refractivity contribution is 0.595. The average molecular weight is 239 g/mol. The van der Waals surface area contributed by atoms with Crippen molar-refractivity contribution in [3.63, 3.8) is 0 Å². The molecule has 2 rings (SSSR count). The summed E-state index contributed by atoms with van der Waals surface area (Å²) in [6.45, 7) is 0. The molecule has 0 aromatic carbocycles. The van der Waals surface area contributed by atoms with E-state index in [4.69, 9.17) is 5.73 Å². The van der Waals surface area contributed by atoms with Crippen molar-refractivity contribution in [2.45, 2.75) is 36.4 Å². The molecule has 1 aliphatic rings. The van der Waals surface area contributed by atoms with E-state index in [2.05, 4.69) is 4.98 Å². The Kier molecular flexibility index (Phi) is 3.08. The highest BCUT2D eigenvalue weighted by Crippen LogP contribution is 2.36. The van der Waals surface area contributed by atoms with Crippen LogP contribution in [0.15, 0.2) is 16.1 Å². The number of aromatic nitrogens is 2. The van der Waals surface area contributed by atoms with Crippen LogP contribution in [0.3, 0.4) is 0 Å². The molecule has 1 heterocycles. The van der Waals surface area contributed by atoms with Crippen molar-refractivity contribution in [3.05, 3.63) is 22.1 Å². The Morgan fingerprint density at radius 1 is 1.62 bits per heavy atom. The summed E-state index contributed by atoms with van der Waals surface area (Å²) >= 11 is 1.48. The van der Waals surface area contributed by atoms with Crippen LogP contribution in [0.4, 0.5) is 0 Å². The van der Waals surface area contributed by atoms with E-state index < -0.39 is 0 Å². The van der Waals surface area contributed by atoms with Gasteiger partial charge in [0.2, 0.25) is 0 Å². The van der Waals surface area contributed by atoms with E-state index in [1.807, 2.05) is 6.26 Å². The molecule has 16 heavy (non-hydrogen) atoms. The zero-order valence-electron chi connectivity index (χ0n) is 9.69. The van der Waals surface area contributed by atoms with Crippen molar-refractivity contribution < 1.29 is 0 Å². The highest BCUT2D eigenvalue weighted by atomic mass is 32.2. The molecule has 0 spiro atoms. The van der Waals surface area contributed by atoms with Crippen molar-refractivity contribution in [1.29, 1.82) is 0 Å². The number of aryl methyl sites for hydroxylation is 1. The standard InChI is InChI=1S/C11H17N3OS/c1-14-9(15)8(7-13-10(14)16-2)3-4-11(12)5-6-11/h7H,3-6,12H2,1-2H3. The minimum absolute atomic E-state index is 0.00316. The predicted octanol–water partition coefficient (Wildman–Crippen LogP) is 0.926. The number of nitrogens with zero attached hydrogens (tertiary/aromatic N) is 2. The minimum atomic E-state index is 0.00316. The van der Waals surface area contributed by atoms with Crippen LogP contribution < -0.4 is 11.3 Å². The Labute approximate surface area is 99.3 Å². The van der Waals surface area contributed by atoms with Crippen molar-refractivity contribution in [3.8, 4) is 0 Å². The van der Waals surface area contributed by atoms with E-state index in [0.717, 1.165) is 36.4 Å². The van der Waals surface area contributed by atoms with Gasteiger partial charge in [-0.1, -0.05) is 11.8 Å². The summed E-state index contributed by atoms with van der Waals surface area (Å²) in [7, 11) is 1.76. The predicted molar refractivity (Wildman–Crippen MR) is 65.7 cm³/mol. The molecule has 1 aromatic rings. The summed E-state index contributed by atoms with van der Waals surface area (Å²) in [5.74, 6) is 0. The minimum Gasteiger partial charge on any atom is -0.325 e. The van der Waals surface area contributed by atoms with Crippen molar-refractivity contribution in [2.75, 3.05) is 6.26 Å². The highest BCUT2D eigenvalue weighted by molar-refractivity contribution is 7.98. The third kappa shape index (κ3) is 2.30. The SMILES string of the molecule is CSc1ncc(CCC2(N)CC2)c(=O)n1C. The third-order valence-corrected chi connectivity index (χ3v) is 3.91. The second kappa shape index (κ2) is 4.22. The first-order chi connectivity index (χ1) is 7.56. The van der Waals surface area contributed by atoms with Gasteiger partial charge in [0.05, 0.1) is 0 Å². The molecule has 1 fully saturated rings. The molecule has 2 N–H and O–H groups in total. The molecule has 0 aliphatic heterocycles. The van der Waals surface area contributed by atoms with E-state index in [0.29, 0.717) is 0 Å². The van der Waals surface area contributed by atoms with Crippen LogP contribution in [-0.4, -0.2) is 21.3 Å². The monoisotopic (exact) mass is 239 g/mol. The summed E-state index contributed by atoms with van der Waals surface area (Å²) in [6.07, 6.45) is 7.42. The Morgan fingerprint density at radius 3 is 2.88 bits per heavy atom. The molecule has 0 bridgehead atoms. The average Bonchev–Trinajstić information content (AvgIpc) is 2.99. The van der Waals surface area contributed by atoms with Gasteiger partial charge in [-0.05, 0) is 31.9 Å².